The third-order valence-electron chi connectivity index (χ3n) is 3.82. The lowest BCUT2D eigenvalue weighted by Crippen LogP contribution is -2.36. The first-order valence-electron chi connectivity index (χ1n) is 5.48. The van der Waals surface area contributed by atoms with Crippen molar-refractivity contribution in [2.45, 2.75) is 44.8 Å². The molecule has 3 heteroatoms. The van der Waals surface area contributed by atoms with Gasteiger partial charge >= 0.3 is 0 Å². The van der Waals surface area contributed by atoms with Crippen LogP contribution in [0.2, 0.25) is 0 Å². The molecule has 5 atom stereocenters. The summed E-state index contributed by atoms with van der Waals surface area (Å²) >= 11 is 0. The minimum atomic E-state index is -0.310. The smallest absolute Gasteiger partial charge is 0.136 e. The number of ketones is 1. The molecule has 3 nitrogen and oxygen atoms in total. The summed E-state index contributed by atoms with van der Waals surface area (Å²) in [6, 6.07) is 0. The third kappa shape index (κ3) is 1.59. The highest BCUT2D eigenvalue weighted by molar-refractivity contribution is 5.88. The summed E-state index contributed by atoms with van der Waals surface area (Å²) in [4.78, 5) is 11.2. The second kappa shape index (κ2) is 3.63. The molecule has 0 heterocycles. The van der Waals surface area contributed by atoms with E-state index in [1.807, 2.05) is 0 Å². The van der Waals surface area contributed by atoms with E-state index in [1.54, 1.807) is 6.92 Å². The summed E-state index contributed by atoms with van der Waals surface area (Å²) in [6.07, 6.45) is 2.30. The molecule has 0 aromatic heterocycles. The van der Waals surface area contributed by atoms with Crippen molar-refractivity contribution in [2.24, 2.45) is 17.8 Å². The lowest BCUT2D eigenvalue weighted by Gasteiger charge is -2.32. The van der Waals surface area contributed by atoms with Gasteiger partial charge in [0.2, 0.25) is 0 Å². The Kier molecular flexibility index (Phi) is 2.62. The monoisotopic (exact) mass is 198 g/mol. The van der Waals surface area contributed by atoms with Crippen LogP contribution in [0.3, 0.4) is 0 Å². The third-order valence-corrected chi connectivity index (χ3v) is 3.82. The molecule has 0 bridgehead atoms. The molecule has 0 aliphatic heterocycles. The number of aliphatic hydroxyl groups is 2. The van der Waals surface area contributed by atoms with E-state index in [2.05, 4.69) is 0 Å². The Morgan fingerprint density at radius 3 is 2.79 bits per heavy atom. The van der Waals surface area contributed by atoms with E-state index in [-0.39, 0.29) is 24.0 Å². The van der Waals surface area contributed by atoms with Crippen LogP contribution in [0.1, 0.15) is 32.6 Å². The first-order chi connectivity index (χ1) is 6.59. The quantitative estimate of drug-likeness (QED) is 0.703. The summed E-state index contributed by atoms with van der Waals surface area (Å²) in [5, 5.41) is 18.9. The van der Waals surface area contributed by atoms with Crippen LogP contribution in [-0.4, -0.2) is 28.2 Å². The van der Waals surface area contributed by atoms with Crippen molar-refractivity contribution in [3.63, 3.8) is 0 Å². The van der Waals surface area contributed by atoms with Crippen molar-refractivity contribution in [2.75, 3.05) is 0 Å². The molecule has 0 spiro atoms. The number of carbonyl (C=O) groups is 1. The zero-order chi connectivity index (χ0) is 10.3. The predicted octanol–water partition coefficient (Wildman–Crippen LogP) is 0.733. The van der Waals surface area contributed by atoms with Crippen LogP contribution in [0.25, 0.3) is 0 Å². The van der Waals surface area contributed by atoms with Crippen LogP contribution in [-0.2, 0) is 4.79 Å². The van der Waals surface area contributed by atoms with Gasteiger partial charge in [0.15, 0.2) is 0 Å². The summed E-state index contributed by atoms with van der Waals surface area (Å²) in [5.74, 6) is 1.14. The van der Waals surface area contributed by atoms with Crippen LogP contribution >= 0.6 is 0 Å². The van der Waals surface area contributed by atoms with Gasteiger partial charge < -0.3 is 10.2 Å². The SMILES string of the molecule is CC(O)CCC1C(O)CC2C(=O)CC21. The van der Waals surface area contributed by atoms with Gasteiger partial charge in [-0.15, -0.1) is 0 Å². The molecule has 5 unspecified atom stereocenters. The van der Waals surface area contributed by atoms with Crippen molar-refractivity contribution in [3.05, 3.63) is 0 Å². The van der Waals surface area contributed by atoms with Gasteiger partial charge in [0, 0.05) is 12.3 Å². The summed E-state index contributed by atoms with van der Waals surface area (Å²) in [5.41, 5.74) is 0. The predicted molar refractivity (Wildman–Crippen MR) is 51.6 cm³/mol. The van der Waals surface area contributed by atoms with E-state index in [0.717, 1.165) is 12.8 Å². The minimum Gasteiger partial charge on any atom is -0.393 e. The Bertz CT molecular complexity index is 237. The van der Waals surface area contributed by atoms with Gasteiger partial charge in [0.05, 0.1) is 12.2 Å². The molecular formula is C11H18O3. The van der Waals surface area contributed by atoms with Gasteiger partial charge in [-0.05, 0) is 38.0 Å². The Balaban J connectivity index is 1.89. The fraction of sp³-hybridized carbons (Fsp3) is 0.909. The Morgan fingerprint density at radius 2 is 2.29 bits per heavy atom. The molecule has 0 aromatic carbocycles. The molecule has 2 rings (SSSR count). The van der Waals surface area contributed by atoms with Gasteiger partial charge in [-0.3, -0.25) is 4.79 Å². The maximum Gasteiger partial charge on any atom is 0.136 e. The van der Waals surface area contributed by atoms with E-state index in [0.29, 0.717) is 24.5 Å². The fourth-order valence-electron chi connectivity index (χ4n) is 2.92. The second-order valence-electron chi connectivity index (χ2n) is 4.83. The van der Waals surface area contributed by atoms with Gasteiger partial charge in [-0.1, -0.05) is 0 Å². The van der Waals surface area contributed by atoms with Crippen LogP contribution in [0.15, 0.2) is 0 Å². The van der Waals surface area contributed by atoms with Crippen molar-refractivity contribution in [3.8, 4) is 0 Å². The Hall–Kier alpha value is -0.410. The minimum absolute atomic E-state index is 0.143. The second-order valence-corrected chi connectivity index (χ2v) is 4.83. The average molecular weight is 198 g/mol. The zero-order valence-corrected chi connectivity index (χ0v) is 8.52. The summed E-state index contributed by atoms with van der Waals surface area (Å²) in [7, 11) is 0. The van der Waals surface area contributed by atoms with E-state index in [4.69, 9.17) is 0 Å². The molecule has 0 radical (unpaired) electrons. The number of carbonyl (C=O) groups excluding carboxylic acids is 1. The molecule has 0 saturated heterocycles. The van der Waals surface area contributed by atoms with Crippen LogP contribution in [0.5, 0.6) is 0 Å². The number of aliphatic hydroxyl groups excluding tert-OH is 2. The van der Waals surface area contributed by atoms with E-state index < -0.39 is 0 Å². The van der Waals surface area contributed by atoms with E-state index >= 15 is 0 Å². The van der Waals surface area contributed by atoms with Crippen LogP contribution in [0.4, 0.5) is 0 Å². The van der Waals surface area contributed by atoms with Crippen molar-refractivity contribution < 1.29 is 15.0 Å². The van der Waals surface area contributed by atoms with E-state index in [9.17, 15) is 15.0 Å². The normalized spacial score (nSPS) is 43.2. The standard InChI is InChI=1S/C11H18O3/c1-6(12)2-3-7-8-4-11(14)9(8)5-10(7)13/h6-10,12-13H,2-5H2,1H3. The van der Waals surface area contributed by atoms with Gasteiger partial charge in [-0.2, -0.15) is 0 Å². The highest BCUT2D eigenvalue weighted by atomic mass is 16.3. The maximum atomic E-state index is 11.2. The molecule has 0 amide bonds. The average Bonchev–Trinajstić information content (AvgIpc) is 2.36. The lowest BCUT2D eigenvalue weighted by atomic mass is 9.70. The highest BCUT2D eigenvalue weighted by Crippen LogP contribution is 2.49. The molecular weight excluding hydrogens is 180 g/mol. The lowest BCUT2D eigenvalue weighted by molar-refractivity contribution is -0.133. The maximum absolute atomic E-state index is 11.2. The van der Waals surface area contributed by atoms with Gasteiger partial charge in [0.25, 0.3) is 0 Å². The summed E-state index contributed by atoms with van der Waals surface area (Å²) < 4.78 is 0. The topological polar surface area (TPSA) is 57.5 Å². The number of rotatable bonds is 3. The Morgan fingerprint density at radius 1 is 1.57 bits per heavy atom. The molecule has 2 aliphatic carbocycles. The fourth-order valence-corrected chi connectivity index (χ4v) is 2.92. The number of Topliss-reactive ketones (excluding diaryl/α,β-unsaturated/α-hetero) is 1. The molecule has 14 heavy (non-hydrogen) atoms. The van der Waals surface area contributed by atoms with Crippen molar-refractivity contribution >= 4 is 5.78 Å². The van der Waals surface area contributed by atoms with Crippen LogP contribution in [0, 0.1) is 17.8 Å². The molecule has 2 fully saturated rings. The molecule has 2 aliphatic rings. The van der Waals surface area contributed by atoms with E-state index in [1.165, 1.54) is 0 Å². The Labute approximate surface area is 84.1 Å². The van der Waals surface area contributed by atoms with Gasteiger partial charge in [0.1, 0.15) is 5.78 Å². The number of fused-ring (bicyclic) bond motifs is 1. The molecule has 0 aromatic rings. The first kappa shape index (κ1) is 10.1. The van der Waals surface area contributed by atoms with Crippen molar-refractivity contribution in [1.29, 1.82) is 0 Å². The molecule has 2 saturated carbocycles. The molecule has 2 N–H and O–H groups in total. The largest absolute Gasteiger partial charge is 0.393 e. The number of hydrogen-bond donors (Lipinski definition) is 2. The molecule has 80 valence electrons. The first-order valence-corrected chi connectivity index (χ1v) is 5.48. The summed E-state index contributed by atoms with van der Waals surface area (Å²) in [6.45, 7) is 1.77. The van der Waals surface area contributed by atoms with Gasteiger partial charge in [-0.25, -0.2) is 0 Å². The zero-order valence-electron chi connectivity index (χ0n) is 8.52. The highest BCUT2D eigenvalue weighted by Gasteiger charge is 2.52. The van der Waals surface area contributed by atoms with Crippen molar-refractivity contribution in [1.82, 2.24) is 0 Å². The number of hydrogen-bond acceptors (Lipinski definition) is 3. The van der Waals surface area contributed by atoms with Crippen LogP contribution < -0.4 is 0 Å².